The number of carbonyl (C=O) groups is 2. The molecule has 0 aliphatic heterocycles. The molecule has 1 saturated carbocycles. The quantitative estimate of drug-likeness (QED) is 0.408. The Morgan fingerprint density at radius 2 is 1.85 bits per heavy atom. The van der Waals surface area contributed by atoms with Crippen molar-refractivity contribution in [1.82, 2.24) is 10.2 Å². The third-order valence-corrected chi connectivity index (χ3v) is 6.68. The lowest BCUT2D eigenvalue weighted by Gasteiger charge is -2.31. The minimum absolute atomic E-state index is 0.0335. The van der Waals surface area contributed by atoms with E-state index in [0.717, 1.165) is 41.5 Å². The Balaban J connectivity index is 1.60. The molecule has 1 N–H and O–H groups in total. The van der Waals surface area contributed by atoms with E-state index in [0.29, 0.717) is 26.0 Å². The summed E-state index contributed by atoms with van der Waals surface area (Å²) in [7, 11) is 0. The first-order valence-corrected chi connectivity index (χ1v) is 12.8. The van der Waals surface area contributed by atoms with Crippen LogP contribution in [-0.4, -0.2) is 35.4 Å². The van der Waals surface area contributed by atoms with Crippen molar-refractivity contribution in [3.63, 3.8) is 0 Å². The molecule has 6 heteroatoms. The van der Waals surface area contributed by atoms with E-state index in [4.69, 9.17) is 4.74 Å². The summed E-state index contributed by atoms with van der Waals surface area (Å²) in [6.07, 6.45) is 6.52. The van der Waals surface area contributed by atoms with Gasteiger partial charge in [-0.15, -0.1) is 0 Å². The van der Waals surface area contributed by atoms with E-state index >= 15 is 0 Å². The Kier molecular flexibility index (Phi) is 9.79. The van der Waals surface area contributed by atoms with E-state index in [1.807, 2.05) is 62.4 Å². The van der Waals surface area contributed by atoms with Gasteiger partial charge < -0.3 is 15.0 Å². The summed E-state index contributed by atoms with van der Waals surface area (Å²) in [6.45, 7) is 4.73. The number of benzene rings is 2. The molecular weight excluding hydrogens is 480 g/mol. The molecule has 1 aliphatic rings. The Bertz CT molecular complexity index is 910. The van der Waals surface area contributed by atoms with Crippen molar-refractivity contribution in [3.05, 3.63) is 64.1 Å². The van der Waals surface area contributed by atoms with E-state index in [9.17, 15) is 9.59 Å². The molecule has 3 rings (SSSR count). The molecule has 2 amide bonds. The number of ether oxygens (including phenoxy) is 1. The Morgan fingerprint density at radius 3 is 2.55 bits per heavy atom. The van der Waals surface area contributed by atoms with Crippen LogP contribution in [-0.2, 0) is 16.1 Å². The van der Waals surface area contributed by atoms with Gasteiger partial charge in [0.15, 0.2) is 0 Å². The summed E-state index contributed by atoms with van der Waals surface area (Å²) in [5, 5.41) is 3.18. The van der Waals surface area contributed by atoms with Gasteiger partial charge in [-0.2, -0.15) is 0 Å². The van der Waals surface area contributed by atoms with Crippen LogP contribution in [0.25, 0.3) is 0 Å². The van der Waals surface area contributed by atoms with E-state index in [2.05, 4.69) is 21.2 Å². The topological polar surface area (TPSA) is 58.6 Å². The first-order chi connectivity index (χ1) is 15.9. The van der Waals surface area contributed by atoms with Gasteiger partial charge in [-0.3, -0.25) is 9.59 Å². The van der Waals surface area contributed by atoms with Crippen molar-refractivity contribution < 1.29 is 14.3 Å². The second-order valence-electron chi connectivity index (χ2n) is 8.94. The third kappa shape index (κ3) is 8.18. The van der Waals surface area contributed by atoms with E-state index < -0.39 is 6.04 Å². The van der Waals surface area contributed by atoms with Crippen LogP contribution in [0.4, 0.5) is 0 Å². The first kappa shape index (κ1) is 25.3. The lowest BCUT2D eigenvalue weighted by molar-refractivity contribution is -0.141. The zero-order valence-electron chi connectivity index (χ0n) is 19.7. The minimum atomic E-state index is -0.531. The van der Waals surface area contributed by atoms with Gasteiger partial charge in [-0.1, -0.05) is 65.0 Å². The fourth-order valence-electron chi connectivity index (χ4n) is 4.17. The van der Waals surface area contributed by atoms with E-state index in [1.165, 1.54) is 12.0 Å². The number of halogens is 1. The van der Waals surface area contributed by atoms with Crippen molar-refractivity contribution in [1.29, 1.82) is 0 Å². The average molecular weight is 515 g/mol. The maximum absolute atomic E-state index is 13.2. The van der Waals surface area contributed by atoms with E-state index in [-0.39, 0.29) is 17.9 Å². The highest BCUT2D eigenvalue weighted by molar-refractivity contribution is 9.10. The predicted molar refractivity (Wildman–Crippen MR) is 135 cm³/mol. The molecule has 0 saturated heterocycles. The predicted octanol–water partition coefficient (Wildman–Crippen LogP) is 5.78. The van der Waals surface area contributed by atoms with Gasteiger partial charge >= 0.3 is 0 Å². The van der Waals surface area contributed by atoms with Crippen molar-refractivity contribution >= 4 is 27.7 Å². The summed E-state index contributed by atoms with van der Waals surface area (Å²) in [5.41, 5.74) is 2.17. The largest absolute Gasteiger partial charge is 0.494 e. The summed E-state index contributed by atoms with van der Waals surface area (Å²) in [6, 6.07) is 15.5. The molecule has 0 radical (unpaired) electrons. The van der Waals surface area contributed by atoms with Crippen molar-refractivity contribution in [2.24, 2.45) is 0 Å². The molecule has 5 nitrogen and oxygen atoms in total. The number of hydrogen-bond donors (Lipinski definition) is 1. The van der Waals surface area contributed by atoms with Crippen LogP contribution in [0.15, 0.2) is 53.0 Å². The van der Waals surface area contributed by atoms with Crippen LogP contribution >= 0.6 is 15.9 Å². The van der Waals surface area contributed by atoms with E-state index in [1.54, 1.807) is 4.90 Å². The van der Waals surface area contributed by atoms with Gasteiger partial charge in [0.2, 0.25) is 11.8 Å². The highest BCUT2D eigenvalue weighted by atomic mass is 79.9. The molecule has 178 valence electrons. The van der Waals surface area contributed by atoms with Crippen molar-refractivity contribution in [2.45, 2.75) is 77.4 Å². The molecule has 0 heterocycles. The van der Waals surface area contributed by atoms with Gasteiger partial charge in [0.25, 0.3) is 0 Å². The monoisotopic (exact) mass is 514 g/mol. The molecule has 1 aliphatic carbocycles. The number of rotatable bonds is 10. The van der Waals surface area contributed by atoms with Crippen molar-refractivity contribution in [2.75, 3.05) is 6.61 Å². The fraction of sp³-hybridized carbons (Fsp3) is 0.481. The van der Waals surface area contributed by atoms with Crippen LogP contribution in [0.5, 0.6) is 5.75 Å². The van der Waals surface area contributed by atoms with Crippen LogP contribution in [0.1, 0.15) is 63.0 Å². The normalized spacial score (nSPS) is 15.0. The number of carbonyl (C=O) groups excluding carboxylic acids is 2. The molecule has 2 aromatic carbocycles. The zero-order chi connectivity index (χ0) is 23.6. The Morgan fingerprint density at radius 1 is 1.12 bits per heavy atom. The number of nitrogens with zero attached hydrogens (tertiary/aromatic N) is 1. The SMILES string of the molecule is Cc1ccc(OCCCC(=O)N(Cc2cccc(Br)c2)[C@@H](C)C(=O)NC2CCCCC2)cc1. The lowest BCUT2D eigenvalue weighted by Crippen LogP contribution is -2.50. The Hall–Kier alpha value is -2.34. The Labute approximate surface area is 206 Å². The zero-order valence-corrected chi connectivity index (χ0v) is 21.3. The van der Waals surface area contributed by atoms with Crippen LogP contribution in [0.3, 0.4) is 0 Å². The molecule has 33 heavy (non-hydrogen) atoms. The second-order valence-corrected chi connectivity index (χ2v) is 9.85. The van der Waals surface area contributed by atoms with Crippen LogP contribution in [0, 0.1) is 6.92 Å². The van der Waals surface area contributed by atoms with Gasteiger partial charge in [0, 0.05) is 23.5 Å². The van der Waals surface area contributed by atoms with Gasteiger partial charge in [0.05, 0.1) is 6.61 Å². The van der Waals surface area contributed by atoms with Crippen molar-refractivity contribution in [3.8, 4) is 5.75 Å². The molecule has 0 unspecified atom stereocenters. The summed E-state index contributed by atoms with van der Waals surface area (Å²) in [4.78, 5) is 27.9. The molecule has 2 aromatic rings. The number of nitrogens with one attached hydrogen (secondary N) is 1. The van der Waals surface area contributed by atoms with Crippen LogP contribution < -0.4 is 10.1 Å². The lowest BCUT2D eigenvalue weighted by atomic mass is 9.95. The second kappa shape index (κ2) is 12.8. The standard InChI is InChI=1S/C27H35BrN2O3/c1-20-13-15-25(16-14-20)33-17-7-12-26(31)30(19-22-8-6-9-23(28)18-22)21(2)27(32)29-24-10-4-3-5-11-24/h6,8-9,13-16,18,21,24H,3-5,7,10-12,17,19H2,1-2H3,(H,29,32)/t21-/m0/s1. The number of hydrogen-bond acceptors (Lipinski definition) is 3. The molecule has 1 fully saturated rings. The first-order valence-electron chi connectivity index (χ1n) is 12.0. The van der Waals surface area contributed by atoms with Gasteiger partial charge in [0.1, 0.15) is 11.8 Å². The smallest absolute Gasteiger partial charge is 0.242 e. The molecule has 1 atom stereocenters. The molecule has 0 spiro atoms. The summed E-state index contributed by atoms with van der Waals surface area (Å²) >= 11 is 3.50. The molecular formula is C27H35BrN2O3. The minimum Gasteiger partial charge on any atom is -0.494 e. The van der Waals surface area contributed by atoms with Gasteiger partial charge in [-0.25, -0.2) is 0 Å². The maximum Gasteiger partial charge on any atom is 0.242 e. The highest BCUT2D eigenvalue weighted by Crippen LogP contribution is 2.20. The fourth-order valence-corrected chi connectivity index (χ4v) is 4.62. The molecule has 0 bridgehead atoms. The van der Waals surface area contributed by atoms with Gasteiger partial charge in [-0.05, 0) is 62.9 Å². The average Bonchev–Trinajstić information content (AvgIpc) is 2.81. The molecule has 0 aromatic heterocycles. The summed E-state index contributed by atoms with van der Waals surface area (Å²) < 4.78 is 6.73. The highest BCUT2D eigenvalue weighted by Gasteiger charge is 2.27. The number of aryl methyl sites for hydroxylation is 1. The maximum atomic E-state index is 13.2. The third-order valence-electron chi connectivity index (χ3n) is 6.19. The number of amides is 2. The van der Waals surface area contributed by atoms with Crippen LogP contribution in [0.2, 0.25) is 0 Å². The summed E-state index contributed by atoms with van der Waals surface area (Å²) in [5.74, 6) is 0.703.